The molecule has 1 rings (SSSR count). The minimum Gasteiger partial charge on any atom is -0.496 e. The Morgan fingerprint density at radius 3 is 2.53 bits per heavy atom. The van der Waals surface area contributed by atoms with Crippen molar-refractivity contribution in [1.82, 2.24) is 4.90 Å². The minimum absolute atomic E-state index is 0.395. The second-order valence-electron chi connectivity index (χ2n) is 4.26. The van der Waals surface area contributed by atoms with Gasteiger partial charge in [-0.25, -0.2) is 4.79 Å². The average Bonchev–Trinajstić information content (AvgIpc) is 2.29. The first kappa shape index (κ1) is 13.4. The van der Waals surface area contributed by atoms with Gasteiger partial charge in [-0.1, -0.05) is 6.07 Å². The normalized spacial score (nSPS) is 10.1. The number of nitrogens with two attached hydrogens (primary N) is 1. The molecule has 0 aromatic heterocycles. The Bertz CT molecular complexity index is 416. The molecule has 1 aromatic rings. The van der Waals surface area contributed by atoms with E-state index in [2.05, 4.69) is 6.07 Å². The first-order valence-corrected chi connectivity index (χ1v) is 5.60. The Labute approximate surface area is 102 Å². The van der Waals surface area contributed by atoms with E-state index in [1.807, 2.05) is 19.9 Å². The Balaban J connectivity index is 2.78. The molecule has 0 atom stereocenters. The van der Waals surface area contributed by atoms with Crippen molar-refractivity contribution in [1.29, 1.82) is 0 Å². The highest BCUT2D eigenvalue weighted by Crippen LogP contribution is 2.22. The predicted octanol–water partition coefficient (Wildman–Crippen LogP) is 1.87. The van der Waals surface area contributed by atoms with Gasteiger partial charge in [0.25, 0.3) is 0 Å². The molecule has 0 saturated heterocycles. The molecule has 94 valence electrons. The number of rotatable bonds is 4. The van der Waals surface area contributed by atoms with Crippen LogP contribution < -0.4 is 10.5 Å². The van der Waals surface area contributed by atoms with E-state index >= 15 is 0 Å². The number of urea groups is 1. The van der Waals surface area contributed by atoms with E-state index in [0.29, 0.717) is 6.54 Å². The van der Waals surface area contributed by atoms with E-state index in [4.69, 9.17) is 10.5 Å². The van der Waals surface area contributed by atoms with Crippen LogP contribution in [0, 0.1) is 13.8 Å². The molecule has 0 unspecified atom stereocenters. The Kier molecular flexibility index (Phi) is 4.37. The third-order valence-corrected chi connectivity index (χ3v) is 2.95. The molecule has 4 nitrogen and oxygen atoms in total. The molecule has 0 heterocycles. The summed E-state index contributed by atoms with van der Waals surface area (Å²) in [5.74, 6) is 0.898. The minimum atomic E-state index is -0.395. The van der Waals surface area contributed by atoms with Gasteiger partial charge in [0.15, 0.2) is 0 Å². The highest BCUT2D eigenvalue weighted by Gasteiger charge is 2.07. The predicted molar refractivity (Wildman–Crippen MR) is 68.4 cm³/mol. The van der Waals surface area contributed by atoms with E-state index < -0.39 is 6.03 Å². The van der Waals surface area contributed by atoms with Crippen molar-refractivity contribution in [2.45, 2.75) is 20.3 Å². The van der Waals surface area contributed by atoms with Crippen LogP contribution in [0.5, 0.6) is 5.75 Å². The summed E-state index contributed by atoms with van der Waals surface area (Å²) < 4.78 is 5.26. The van der Waals surface area contributed by atoms with Crippen molar-refractivity contribution in [2.24, 2.45) is 5.73 Å². The summed E-state index contributed by atoms with van der Waals surface area (Å²) in [4.78, 5) is 12.4. The zero-order valence-corrected chi connectivity index (χ0v) is 10.9. The van der Waals surface area contributed by atoms with Crippen LogP contribution in [0.3, 0.4) is 0 Å². The monoisotopic (exact) mass is 236 g/mol. The number of amides is 2. The van der Waals surface area contributed by atoms with Crippen LogP contribution in [0.15, 0.2) is 12.1 Å². The van der Waals surface area contributed by atoms with E-state index in [9.17, 15) is 4.79 Å². The zero-order valence-electron chi connectivity index (χ0n) is 10.9. The largest absolute Gasteiger partial charge is 0.496 e. The smallest absolute Gasteiger partial charge is 0.314 e. The van der Waals surface area contributed by atoms with Crippen molar-refractivity contribution in [3.8, 4) is 5.75 Å². The topological polar surface area (TPSA) is 55.6 Å². The van der Waals surface area contributed by atoms with Crippen molar-refractivity contribution in [3.63, 3.8) is 0 Å². The second kappa shape index (κ2) is 5.57. The molecule has 1 aromatic carbocycles. The maximum absolute atomic E-state index is 10.9. The number of hydrogen-bond acceptors (Lipinski definition) is 2. The molecule has 0 spiro atoms. The number of benzene rings is 1. The Hall–Kier alpha value is -1.71. The third kappa shape index (κ3) is 3.37. The van der Waals surface area contributed by atoms with E-state index in [1.165, 1.54) is 16.0 Å². The van der Waals surface area contributed by atoms with Gasteiger partial charge in [0.05, 0.1) is 7.11 Å². The molecule has 0 saturated carbocycles. The first-order valence-electron chi connectivity index (χ1n) is 5.60. The van der Waals surface area contributed by atoms with E-state index in [-0.39, 0.29) is 0 Å². The Morgan fingerprint density at radius 1 is 1.35 bits per heavy atom. The summed E-state index contributed by atoms with van der Waals surface area (Å²) in [6, 6.07) is 3.73. The molecule has 4 heteroatoms. The summed E-state index contributed by atoms with van der Waals surface area (Å²) in [5, 5.41) is 0. The summed E-state index contributed by atoms with van der Waals surface area (Å²) in [6.45, 7) is 4.68. The van der Waals surface area contributed by atoms with E-state index in [1.54, 1.807) is 14.2 Å². The highest BCUT2D eigenvalue weighted by molar-refractivity contribution is 5.71. The van der Waals surface area contributed by atoms with Crippen molar-refractivity contribution in [2.75, 3.05) is 20.7 Å². The maximum atomic E-state index is 10.9. The van der Waals surface area contributed by atoms with Gasteiger partial charge < -0.3 is 15.4 Å². The molecule has 0 aliphatic rings. The number of carbonyl (C=O) groups is 1. The van der Waals surface area contributed by atoms with Crippen LogP contribution in [-0.4, -0.2) is 31.6 Å². The molecular formula is C13H20N2O2. The lowest BCUT2D eigenvalue weighted by atomic mass is 10.0. The van der Waals surface area contributed by atoms with Gasteiger partial charge >= 0.3 is 6.03 Å². The summed E-state index contributed by atoms with van der Waals surface area (Å²) in [6.07, 6.45) is 0.802. The lowest BCUT2D eigenvalue weighted by Crippen LogP contribution is -2.33. The molecule has 0 aliphatic heterocycles. The summed E-state index contributed by atoms with van der Waals surface area (Å²) >= 11 is 0. The lowest BCUT2D eigenvalue weighted by Gasteiger charge is -2.16. The molecule has 0 fully saturated rings. The fraction of sp³-hybridized carbons (Fsp3) is 0.462. The quantitative estimate of drug-likeness (QED) is 0.867. The number of nitrogens with zero attached hydrogens (tertiary/aromatic N) is 1. The number of aryl methyl sites for hydroxylation is 2. The number of primary amides is 1. The summed E-state index contributed by atoms with van der Waals surface area (Å²) in [5.41, 5.74) is 8.68. The van der Waals surface area contributed by atoms with Gasteiger partial charge in [-0.15, -0.1) is 0 Å². The fourth-order valence-corrected chi connectivity index (χ4v) is 1.74. The average molecular weight is 236 g/mol. The van der Waals surface area contributed by atoms with Crippen LogP contribution in [0.25, 0.3) is 0 Å². The van der Waals surface area contributed by atoms with Crippen LogP contribution >= 0.6 is 0 Å². The van der Waals surface area contributed by atoms with E-state index in [0.717, 1.165) is 17.7 Å². The van der Waals surface area contributed by atoms with Crippen LogP contribution in [0.2, 0.25) is 0 Å². The standard InChI is InChI=1S/C13H20N2O2/c1-9-8-12(17-4)10(2)7-11(9)5-6-15(3)13(14)16/h7-8H,5-6H2,1-4H3,(H2,14,16). The molecule has 17 heavy (non-hydrogen) atoms. The van der Waals surface area contributed by atoms with Gasteiger partial charge in [-0.2, -0.15) is 0 Å². The number of ether oxygens (including phenoxy) is 1. The van der Waals surface area contributed by atoms with Gasteiger partial charge in [-0.05, 0) is 43.0 Å². The molecule has 2 N–H and O–H groups in total. The third-order valence-electron chi connectivity index (χ3n) is 2.95. The zero-order chi connectivity index (χ0) is 13.0. The fourth-order valence-electron chi connectivity index (χ4n) is 1.74. The van der Waals surface area contributed by atoms with Crippen molar-refractivity contribution >= 4 is 6.03 Å². The second-order valence-corrected chi connectivity index (χ2v) is 4.26. The van der Waals surface area contributed by atoms with Crippen LogP contribution in [0.1, 0.15) is 16.7 Å². The molecular weight excluding hydrogens is 216 g/mol. The van der Waals surface area contributed by atoms with Crippen molar-refractivity contribution < 1.29 is 9.53 Å². The number of methoxy groups -OCH3 is 1. The van der Waals surface area contributed by atoms with Crippen LogP contribution in [0.4, 0.5) is 4.79 Å². The SMILES string of the molecule is COc1cc(C)c(CCN(C)C(N)=O)cc1C. The molecule has 2 amide bonds. The highest BCUT2D eigenvalue weighted by atomic mass is 16.5. The molecule has 0 aliphatic carbocycles. The number of likely N-dealkylation sites (N-methyl/N-ethyl adjacent to an activating group) is 1. The molecule has 0 radical (unpaired) electrons. The van der Waals surface area contributed by atoms with Gasteiger partial charge in [0.1, 0.15) is 5.75 Å². The van der Waals surface area contributed by atoms with Crippen molar-refractivity contribution in [3.05, 3.63) is 28.8 Å². The first-order chi connectivity index (χ1) is 7.95. The Morgan fingerprint density at radius 2 is 2.00 bits per heavy atom. The number of carbonyl (C=O) groups excluding carboxylic acids is 1. The lowest BCUT2D eigenvalue weighted by molar-refractivity contribution is 0.219. The van der Waals surface area contributed by atoms with Crippen LogP contribution in [-0.2, 0) is 6.42 Å². The van der Waals surface area contributed by atoms with Gasteiger partial charge in [0, 0.05) is 13.6 Å². The maximum Gasteiger partial charge on any atom is 0.314 e. The summed E-state index contributed by atoms with van der Waals surface area (Å²) in [7, 11) is 3.37. The number of hydrogen-bond donors (Lipinski definition) is 1. The molecule has 0 bridgehead atoms. The van der Waals surface area contributed by atoms with Gasteiger partial charge in [-0.3, -0.25) is 0 Å². The van der Waals surface area contributed by atoms with Gasteiger partial charge in [0.2, 0.25) is 0 Å².